The van der Waals surface area contributed by atoms with Gasteiger partial charge in [-0.3, -0.25) is 0 Å². The molecule has 0 saturated carbocycles. The van der Waals surface area contributed by atoms with Gasteiger partial charge in [-0.15, -0.1) is 0 Å². The van der Waals surface area contributed by atoms with Gasteiger partial charge in [0.05, 0.1) is 0 Å². The van der Waals surface area contributed by atoms with Crippen LogP contribution in [-0.2, 0) is 11.2 Å². The molecular weight excluding hydrogens is 384 g/mol. The maximum absolute atomic E-state index is 10.9. The predicted octanol–water partition coefficient (Wildman–Crippen LogP) is 4.31. The summed E-state index contributed by atoms with van der Waals surface area (Å²) in [6, 6.07) is 11.4. The summed E-state index contributed by atoms with van der Waals surface area (Å²) in [5, 5.41) is 21.8. The summed E-state index contributed by atoms with van der Waals surface area (Å²) in [6.07, 6.45) is 0. The van der Waals surface area contributed by atoms with Crippen molar-refractivity contribution < 1.29 is 10.2 Å². The first-order valence-corrected chi connectivity index (χ1v) is 7.89. The smallest absolute Gasteiger partial charge is 0.120 e. The molecule has 3 rings (SSSR count). The van der Waals surface area contributed by atoms with Crippen LogP contribution in [0, 0.1) is 0 Å². The molecule has 0 radical (unpaired) electrons. The van der Waals surface area contributed by atoms with E-state index in [1.54, 1.807) is 13.8 Å². The molecule has 104 valence electrons. The van der Waals surface area contributed by atoms with Crippen LogP contribution in [0.1, 0.15) is 25.0 Å². The Morgan fingerprint density at radius 1 is 0.750 bits per heavy atom. The maximum atomic E-state index is 10.9. The van der Waals surface area contributed by atoms with Gasteiger partial charge in [-0.05, 0) is 60.4 Å². The summed E-state index contributed by atoms with van der Waals surface area (Å²) in [4.78, 5) is 0. The molecule has 2 aromatic carbocycles. The van der Waals surface area contributed by atoms with Crippen molar-refractivity contribution in [2.45, 2.75) is 25.0 Å². The number of aliphatic hydroxyl groups is 2. The molecule has 0 bridgehead atoms. The fourth-order valence-electron chi connectivity index (χ4n) is 2.85. The molecule has 0 fully saturated rings. The lowest BCUT2D eigenvalue weighted by molar-refractivity contribution is -0.144. The number of hydrogen-bond donors (Lipinski definition) is 2. The molecule has 0 amide bonds. The van der Waals surface area contributed by atoms with E-state index < -0.39 is 11.2 Å². The van der Waals surface area contributed by atoms with Crippen LogP contribution in [0.4, 0.5) is 0 Å². The molecule has 0 spiro atoms. The molecule has 0 saturated heterocycles. The number of rotatable bonds is 0. The van der Waals surface area contributed by atoms with Crippen molar-refractivity contribution in [2.24, 2.45) is 0 Å². The first-order chi connectivity index (χ1) is 9.25. The second-order valence-corrected chi connectivity index (χ2v) is 7.36. The van der Waals surface area contributed by atoms with Gasteiger partial charge in [-0.1, -0.05) is 44.0 Å². The summed E-state index contributed by atoms with van der Waals surface area (Å²) < 4.78 is 1.89. The van der Waals surface area contributed by atoms with Gasteiger partial charge in [0.15, 0.2) is 0 Å². The van der Waals surface area contributed by atoms with Crippen molar-refractivity contribution in [1.29, 1.82) is 0 Å². The Morgan fingerprint density at radius 3 is 1.45 bits per heavy atom. The van der Waals surface area contributed by atoms with Gasteiger partial charge in [0.25, 0.3) is 0 Å². The van der Waals surface area contributed by atoms with E-state index >= 15 is 0 Å². The first-order valence-electron chi connectivity index (χ1n) is 6.30. The zero-order chi connectivity index (χ0) is 14.7. The number of benzene rings is 2. The standard InChI is InChI=1S/C16H14Br2O2/c1-15(19)13-5-3-9(17)7-11(13)12-8-10(18)4-6-14(12)16(15,2)20/h3-8,19-20H,1-2H3/t15-,16-/m0/s1. The van der Waals surface area contributed by atoms with Gasteiger partial charge < -0.3 is 10.2 Å². The predicted molar refractivity (Wildman–Crippen MR) is 86.4 cm³/mol. The summed E-state index contributed by atoms with van der Waals surface area (Å²) in [6.45, 7) is 3.31. The molecule has 2 aromatic rings. The lowest BCUT2D eigenvalue weighted by atomic mass is 9.67. The van der Waals surface area contributed by atoms with Crippen molar-refractivity contribution in [3.8, 4) is 11.1 Å². The Bertz CT molecular complexity index is 644. The molecule has 2 nitrogen and oxygen atoms in total. The molecule has 4 heteroatoms. The summed E-state index contributed by atoms with van der Waals surface area (Å²) in [5.74, 6) is 0. The van der Waals surface area contributed by atoms with E-state index in [2.05, 4.69) is 31.9 Å². The minimum absolute atomic E-state index is 0.733. The second kappa shape index (κ2) is 4.41. The minimum Gasteiger partial charge on any atom is -0.382 e. The molecule has 1 aliphatic carbocycles. The fourth-order valence-corrected chi connectivity index (χ4v) is 3.57. The monoisotopic (exact) mass is 396 g/mol. The third-order valence-electron chi connectivity index (χ3n) is 4.25. The normalized spacial score (nSPS) is 27.9. The third kappa shape index (κ3) is 1.82. The van der Waals surface area contributed by atoms with Gasteiger partial charge in [0.2, 0.25) is 0 Å². The molecule has 0 aliphatic heterocycles. The summed E-state index contributed by atoms with van der Waals surface area (Å²) in [5.41, 5.74) is 0.653. The van der Waals surface area contributed by atoms with E-state index in [1.807, 2.05) is 36.4 Å². The van der Waals surface area contributed by atoms with Crippen LogP contribution in [-0.4, -0.2) is 10.2 Å². The van der Waals surface area contributed by atoms with Gasteiger partial charge in [0.1, 0.15) is 11.2 Å². The highest BCUT2D eigenvalue weighted by Crippen LogP contribution is 2.52. The van der Waals surface area contributed by atoms with E-state index in [1.165, 1.54) is 0 Å². The second-order valence-electron chi connectivity index (χ2n) is 5.52. The molecule has 0 aromatic heterocycles. The van der Waals surface area contributed by atoms with Crippen molar-refractivity contribution in [3.05, 3.63) is 56.5 Å². The zero-order valence-corrected chi connectivity index (χ0v) is 14.3. The highest BCUT2D eigenvalue weighted by atomic mass is 79.9. The number of halogens is 2. The Morgan fingerprint density at radius 2 is 1.10 bits per heavy atom. The van der Waals surface area contributed by atoms with Gasteiger partial charge in [0, 0.05) is 8.95 Å². The van der Waals surface area contributed by atoms with E-state index in [-0.39, 0.29) is 0 Å². The highest BCUT2D eigenvalue weighted by molar-refractivity contribution is 9.10. The van der Waals surface area contributed by atoms with E-state index in [9.17, 15) is 10.2 Å². The zero-order valence-electron chi connectivity index (χ0n) is 11.1. The minimum atomic E-state index is -1.34. The van der Waals surface area contributed by atoms with Crippen LogP contribution >= 0.6 is 31.9 Å². The Kier molecular flexibility index (Phi) is 3.14. The molecule has 20 heavy (non-hydrogen) atoms. The molecule has 0 heterocycles. The van der Waals surface area contributed by atoms with Gasteiger partial charge in [-0.2, -0.15) is 0 Å². The SMILES string of the molecule is C[C@]1(O)c2ccc(Br)cc2-c2cc(Br)ccc2[C@]1(C)O. The highest BCUT2D eigenvalue weighted by Gasteiger charge is 2.50. The fraction of sp³-hybridized carbons (Fsp3) is 0.250. The Balaban J connectivity index is 2.44. The van der Waals surface area contributed by atoms with Crippen molar-refractivity contribution in [3.63, 3.8) is 0 Å². The van der Waals surface area contributed by atoms with Crippen molar-refractivity contribution >= 4 is 31.9 Å². The van der Waals surface area contributed by atoms with Crippen molar-refractivity contribution in [1.82, 2.24) is 0 Å². The van der Waals surface area contributed by atoms with E-state index in [0.717, 1.165) is 31.2 Å². The lowest BCUT2D eigenvalue weighted by Gasteiger charge is -2.45. The number of hydrogen-bond acceptors (Lipinski definition) is 2. The molecule has 2 atom stereocenters. The third-order valence-corrected chi connectivity index (χ3v) is 5.24. The Hall–Kier alpha value is -0.680. The average Bonchev–Trinajstić information content (AvgIpc) is 2.36. The molecule has 0 unspecified atom stereocenters. The van der Waals surface area contributed by atoms with Crippen LogP contribution in [0.5, 0.6) is 0 Å². The van der Waals surface area contributed by atoms with Gasteiger partial charge in [-0.25, -0.2) is 0 Å². The van der Waals surface area contributed by atoms with Crippen LogP contribution in [0.15, 0.2) is 45.3 Å². The molecule has 1 aliphatic rings. The maximum Gasteiger partial charge on any atom is 0.120 e. The van der Waals surface area contributed by atoms with Crippen LogP contribution in [0.25, 0.3) is 11.1 Å². The van der Waals surface area contributed by atoms with Crippen LogP contribution in [0.3, 0.4) is 0 Å². The molecular formula is C16H14Br2O2. The molecule has 2 N–H and O–H groups in total. The lowest BCUT2D eigenvalue weighted by Crippen LogP contribution is -2.47. The summed E-state index contributed by atoms with van der Waals surface area (Å²) in [7, 11) is 0. The summed E-state index contributed by atoms with van der Waals surface area (Å²) >= 11 is 6.94. The Labute approximate surface area is 134 Å². The topological polar surface area (TPSA) is 40.5 Å². The van der Waals surface area contributed by atoms with E-state index in [0.29, 0.717) is 0 Å². The van der Waals surface area contributed by atoms with E-state index in [4.69, 9.17) is 0 Å². The van der Waals surface area contributed by atoms with Gasteiger partial charge >= 0.3 is 0 Å². The van der Waals surface area contributed by atoms with Crippen LogP contribution < -0.4 is 0 Å². The van der Waals surface area contributed by atoms with Crippen LogP contribution in [0.2, 0.25) is 0 Å². The van der Waals surface area contributed by atoms with Crippen molar-refractivity contribution in [2.75, 3.05) is 0 Å². The largest absolute Gasteiger partial charge is 0.382 e. The number of fused-ring (bicyclic) bond motifs is 3. The quantitative estimate of drug-likeness (QED) is 0.695. The first kappa shape index (κ1) is 14.3. The average molecular weight is 398 g/mol.